The zero-order chi connectivity index (χ0) is 10.1. The van der Waals surface area contributed by atoms with E-state index >= 15 is 0 Å². The van der Waals surface area contributed by atoms with Crippen molar-refractivity contribution < 1.29 is 9.18 Å². The average Bonchev–Trinajstić information content (AvgIpc) is 2.03. The van der Waals surface area contributed by atoms with Gasteiger partial charge in [-0.15, -0.1) is 0 Å². The van der Waals surface area contributed by atoms with Crippen LogP contribution < -0.4 is 0 Å². The van der Waals surface area contributed by atoms with Crippen molar-refractivity contribution in [2.75, 3.05) is 0 Å². The fraction of sp³-hybridized carbons (Fsp3) is 0.300. The lowest BCUT2D eigenvalue weighted by molar-refractivity contribution is 0.108. The highest BCUT2D eigenvalue weighted by Crippen LogP contribution is 2.24. The van der Waals surface area contributed by atoms with Crippen LogP contribution in [0.5, 0.6) is 0 Å². The summed E-state index contributed by atoms with van der Waals surface area (Å²) in [6.07, 6.45) is 0. The van der Waals surface area contributed by atoms with Gasteiger partial charge in [0.1, 0.15) is 5.67 Å². The lowest BCUT2D eigenvalue weighted by Crippen LogP contribution is -2.08. The van der Waals surface area contributed by atoms with E-state index in [0.717, 1.165) is 0 Å². The Morgan fingerprint density at radius 2 is 1.77 bits per heavy atom. The standard InChI is InChI=1S/C10H10ClFO/c1-10(2,12)8-5-3-7(4-6-8)9(11)13/h3-6H,1-2H3. The Hall–Kier alpha value is -0.890. The number of halogens is 2. The molecule has 0 bridgehead atoms. The molecular formula is C10H10ClFO. The van der Waals surface area contributed by atoms with Crippen LogP contribution in [0.1, 0.15) is 29.8 Å². The molecule has 0 aliphatic heterocycles. The van der Waals surface area contributed by atoms with Gasteiger partial charge in [0, 0.05) is 5.56 Å². The molecule has 0 atom stereocenters. The van der Waals surface area contributed by atoms with E-state index in [-0.39, 0.29) is 0 Å². The minimum absolute atomic E-state index is 0.384. The van der Waals surface area contributed by atoms with E-state index in [1.807, 2.05) is 0 Å². The average molecular weight is 201 g/mol. The Kier molecular flexibility index (Phi) is 2.71. The van der Waals surface area contributed by atoms with Gasteiger partial charge in [-0.3, -0.25) is 4.79 Å². The van der Waals surface area contributed by atoms with Crippen molar-refractivity contribution in [3.8, 4) is 0 Å². The predicted molar refractivity (Wildman–Crippen MR) is 50.8 cm³/mol. The quantitative estimate of drug-likeness (QED) is 0.670. The minimum atomic E-state index is -1.38. The van der Waals surface area contributed by atoms with Crippen LogP contribution in [0.25, 0.3) is 0 Å². The molecule has 0 spiro atoms. The summed E-state index contributed by atoms with van der Waals surface area (Å²) >= 11 is 5.24. The highest BCUT2D eigenvalue weighted by atomic mass is 35.5. The Morgan fingerprint density at radius 3 is 2.08 bits per heavy atom. The molecule has 0 saturated carbocycles. The van der Waals surface area contributed by atoms with E-state index in [1.54, 1.807) is 12.1 Å². The Balaban J connectivity index is 3.01. The molecular weight excluding hydrogens is 191 g/mol. The molecule has 0 fully saturated rings. The topological polar surface area (TPSA) is 17.1 Å². The van der Waals surface area contributed by atoms with Crippen molar-refractivity contribution >= 4 is 16.8 Å². The monoisotopic (exact) mass is 200 g/mol. The van der Waals surface area contributed by atoms with Crippen molar-refractivity contribution in [2.24, 2.45) is 0 Å². The highest BCUT2D eigenvalue weighted by Gasteiger charge is 2.18. The lowest BCUT2D eigenvalue weighted by Gasteiger charge is -2.14. The summed E-state index contributed by atoms with van der Waals surface area (Å²) in [6.45, 7) is 2.93. The first kappa shape index (κ1) is 10.2. The Bertz CT molecular complexity index is 311. The summed E-state index contributed by atoms with van der Waals surface area (Å²) in [7, 11) is 0. The number of benzene rings is 1. The van der Waals surface area contributed by atoms with E-state index in [2.05, 4.69) is 0 Å². The van der Waals surface area contributed by atoms with E-state index in [4.69, 9.17) is 11.6 Å². The van der Waals surface area contributed by atoms with Crippen LogP contribution in [-0.4, -0.2) is 5.24 Å². The van der Waals surface area contributed by atoms with Gasteiger partial charge in [-0.2, -0.15) is 0 Å². The van der Waals surface area contributed by atoms with E-state index in [0.29, 0.717) is 11.1 Å². The van der Waals surface area contributed by atoms with Crippen molar-refractivity contribution in [3.63, 3.8) is 0 Å². The minimum Gasteiger partial charge on any atom is -0.276 e. The van der Waals surface area contributed by atoms with Gasteiger partial charge in [0.25, 0.3) is 5.24 Å². The first-order valence-electron chi connectivity index (χ1n) is 3.90. The van der Waals surface area contributed by atoms with Crippen LogP contribution >= 0.6 is 11.6 Å². The van der Waals surface area contributed by atoms with Crippen molar-refractivity contribution in [2.45, 2.75) is 19.5 Å². The van der Waals surface area contributed by atoms with Crippen LogP contribution in [-0.2, 0) is 5.67 Å². The molecule has 3 heteroatoms. The van der Waals surface area contributed by atoms with E-state index < -0.39 is 10.9 Å². The molecule has 13 heavy (non-hydrogen) atoms. The molecule has 0 amide bonds. The molecule has 1 nitrogen and oxygen atoms in total. The molecule has 0 aliphatic carbocycles. The third-order valence-electron chi connectivity index (χ3n) is 1.80. The maximum absolute atomic E-state index is 13.3. The van der Waals surface area contributed by atoms with Crippen LogP contribution in [0, 0.1) is 0 Å². The third kappa shape index (κ3) is 2.52. The lowest BCUT2D eigenvalue weighted by atomic mass is 9.99. The van der Waals surface area contributed by atoms with Crippen molar-refractivity contribution in [3.05, 3.63) is 35.4 Å². The fourth-order valence-electron chi connectivity index (χ4n) is 0.998. The van der Waals surface area contributed by atoms with Gasteiger partial charge in [-0.05, 0) is 43.1 Å². The van der Waals surface area contributed by atoms with E-state index in [9.17, 15) is 9.18 Å². The second kappa shape index (κ2) is 3.46. The summed E-state index contributed by atoms with van der Waals surface area (Å²) in [5.74, 6) is 0. The zero-order valence-electron chi connectivity index (χ0n) is 7.47. The number of rotatable bonds is 2. The molecule has 0 radical (unpaired) electrons. The predicted octanol–water partition coefficient (Wildman–Crippen LogP) is 3.27. The molecule has 0 heterocycles. The maximum atomic E-state index is 13.3. The van der Waals surface area contributed by atoms with Gasteiger partial charge in [-0.1, -0.05) is 12.1 Å². The first-order chi connectivity index (χ1) is 5.91. The van der Waals surface area contributed by atoms with Crippen LogP contribution in [0.2, 0.25) is 0 Å². The summed E-state index contributed by atoms with van der Waals surface area (Å²) in [4.78, 5) is 10.7. The normalized spacial score (nSPS) is 11.4. The number of carbonyl (C=O) groups excluding carboxylic acids is 1. The second-order valence-electron chi connectivity index (χ2n) is 3.32. The van der Waals surface area contributed by atoms with Crippen molar-refractivity contribution in [1.82, 2.24) is 0 Å². The fourth-order valence-corrected chi connectivity index (χ4v) is 1.12. The molecule has 1 aromatic rings. The summed E-state index contributed by atoms with van der Waals surface area (Å²) < 4.78 is 13.3. The number of carbonyl (C=O) groups is 1. The SMILES string of the molecule is CC(C)(F)c1ccc(C(=O)Cl)cc1. The summed E-state index contributed by atoms with van der Waals surface area (Å²) in [5, 5.41) is -0.525. The summed E-state index contributed by atoms with van der Waals surface area (Å²) in [5.41, 5.74) is -0.461. The van der Waals surface area contributed by atoms with Gasteiger partial charge in [0.15, 0.2) is 0 Å². The number of hydrogen-bond acceptors (Lipinski definition) is 1. The molecule has 1 aromatic carbocycles. The summed E-state index contributed by atoms with van der Waals surface area (Å²) in [6, 6.07) is 6.17. The highest BCUT2D eigenvalue weighted by molar-refractivity contribution is 6.67. The van der Waals surface area contributed by atoms with Crippen molar-refractivity contribution in [1.29, 1.82) is 0 Å². The van der Waals surface area contributed by atoms with Crippen LogP contribution in [0.15, 0.2) is 24.3 Å². The molecule has 70 valence electrons. The van der Waals surface area contributed by atoms with Gasteiger partial charge in [0.05, 0.1) is 0 Å². The molecule has 0 N–H and O–H groups in total. The van der Waals surface area contributed by atoms with Gasteiger partial charge in [0.2, 0.25) is 0 Å². The maximum Gasteiger partial charge on any atom is 0.252 e. The molecule has 0 saturated heterocycles. The molecule has 1 rings (SSSR count). The largest absolute Gasteiger partial charge is 0.276 e. The third-order valence-corrected chi connectivity index (χ3v) is 2.02. The van der Waals surface area contributed by atoms with Crippen LogP contribution in [0.3, 0.4) is 0 Å². The molecule has 0 unspecified atom stereocenters. The number of hydrogen-bond donors (Lipinski definition) is 0. The zero-order valence-corrected chi connectivity index (χ0v) is 8.23. The Morgan fingerprint density at radius 1 is 1.31 bits per heavy atom. The number of alkyl halides is 1. The molecule has 0 aromatic heterocycles. The smallest absolute Gasteiger partial charge is 0.252 e. The Labute approximate surface area is 81.5 Å². The molecule has 0 aliphatic rings. The van der Waals surface area contributed by atoms with Gasteiger partial charge >= 0.3 is 0 Å². The van der Waals surface area contributed by atoms with Gasteiger partial charge in [-0.25, -0.2) is 4.39 Å². The van der Waals surface area contributed by atoms with Gasteiger partial charge < -0.3 is 0 Å². The second-order valence-corrected chi connectivity index (χ2v) is 3.67. The van der Waals surface area contributed by atoms with Crippen LogP contribution in [0.4, 0.5) is 4.39 Å². The first-order valence-corrected chi connectivity index (χ1v) is 4.28. The van der Waals surface area contributed by atoms with E-state index in [1.165, 1.54) is 26.0 Å².